The number of aliphatic carboxylic acids is 1. The fourth-order valence-electron chi connectivity index (χ4n) is 3.35. The van der Waals surface area contributed by atoms with E-state index in [1.807, 2.05) is 0 Å². The van der Waals surface area contributed by atoms with Crippen molar-refractivity contribution in [2.75, 3.05) is 0 Å². The van der Waals surface area contributed by atoms with Crippen LogP contribution in [0, 0.1) is 0 Å². The Morgan fingerprint density at radius 1 is 0.520 bits per heavy atom. The first-order chi connectivity index (χ1) is 11.8. The average Bonchev–Trinajstić information content (AvgIpc) is 2.56. The summed E-state index contributed by atoms with van der Waals surface area (Å²) >= 11 is 0. The molecule has 0 aromatic rings. The second-order valence-corrected chi connectivity index (χ2v) is 7.51. The Balaban J connectivity index is 0. The van der Waals surface area contributed by atoms with Gasteiger partial charge in [-0.3, -0.25) is 4.79 Å². The monoisotopic (exact) mass is 399 g/mol. The minimum Gasteiger partial charge on any atom is -0.481 e. The Morgan fingerprint density at radius 2 is 0.760 bits per heavy atom. The van der Waals surface area contributed by atoms with Gasteiger partial charge in [0.05, 0.1) is 0 Å². The molecule has 1 radical (unpaired) electrons. The largest absolute Gasteiger partial charge is 0.481 e. The third kappa shape index (κ3) is 26.3. The fourth-order valence-corrected chi connectivity index (χ4v) is 3.35. The van der Waals surface area contributed by atoms with Crippen LogP contribution in [0.2, 0.25) is 0 Å². The molecule has 0 heterocycles. The molecular weight excluding hydrogens is 355 g/mol. The summed E-state index contributed by atoms with van der Waals surface area (Å²) in [6, 6.07) is 0. The number of rotatable bonds is 20. The summed E-state index contributed by atoms with van der Waals surface area (Å²) in [6.45, 7) is 2.28. The van der Waals surface area contributed by atoms with Gasteiger partial charge in [0.1, 0.15) is 0 Å². The third-order valence-corrected chi connectivity index (χ3v) is 4.99. The Hall–Kier alpha value is -0.0235. The minimum absolute atomic E-state index is 0. The summed E-state index contributed by atoms with van der Waals surface area (Å²) in [6.07, 6.45) is 26.1. The first-order valence-electron chi connectivity index (χ1n) is 11.0. The SMILES string of the molecule is CCCCCCCCCCCCCCCCCCCCCC(=O)O.[Co]. The molecule has 1 N–H and O–H groups in total. The summed E-state index contributed by atoms with van der Waals surface area (Å²) < 4.78 is 0. The van der Waals surface area contributed by atoms with Crippen molar-refractivity contribution < 1.29 is 26.7 Å². The molecule has 0 unspecified atom stereocenters. The smallest absolute Gasteiger partial charge is 0.303 e. The summed E-state index contributed by atoms with van der Waals surface area (Å²) in [5, 5.41) is 8.56. The molecule has 0 fully saturated rings. The Kier molecular flexibility index (Phi) is 26.1. The van der Waals surface area contributed by atoms with Gasteiger partial charge in [-0.1, -0.05) is 122 Å². The molecule has 0 rings (SSSR count). The number of hydrogen-bond acceptors (Lipinski definition) is 1. The van der Waals surface area contributed by atoms with Gasteiger partial charge in [-0.2, -0.15) is 0 Å². The average molecular weight is 400 g/mol. The molecule has 0 atom stereocenters. The van der Waals surface area contributed by atoms with Crippen molar-refractivity contribution in [2.24, 2.45) is 0 Å². The van der Waals surface area contributed by atoms with Crippen molar-refractivity contribution in [3.05, 3.63) is 0 Å². The summed E-state index contributed by atoms with van der Waals surface area (Å²) in [4.78, 5) is 10.4. The van der Waals surface area contributed by atoms with Crippen molar-refractivity contribution >= 4 is 5.97 Å². The van der Waals surface area contributed by atoms with E-state index in [4.69, 9.17) is 5.11 Å². The van der Waals surface area contributed by atoms with Crippen LogP contribution in [0.5, 0.6) is 0 Å². The normalized spacial score (nSPS) is 10.6. The third-order valence-electron chi connectivity index (χ3n) is 4.99. The maximum absolute atomic E-state index is 10.4. The van der Waals surface area contributed by atoms with Crippen LogP contribution >= 0.6 is 0 Å². The topological polar surface area (TPSA) is 37.3 Å². The van der Waals surface area contributed by atoms with E-state index in [0.717, 1.165) is 12.8 Å². The van der Waals surface area contributed by atoms with Crippen LogP contribution in [-0.4, -0.2) is 11.1 Å². The zero-order chi connectivity index (χ0) is 17.7. The van der Waals surface area contributed by atoms with E-state index >= 15 is 0 Å². The standard InChI is InChI=1S/C22H44O2.Co/c1-2-3-4-5-6-7-8-9-10-11-12-13-14-15-16-17-18-19-20-21-22(23)24;/h2-21H2,1H3,(H,23,24);. The molecule has 0 aromatic heterocycles. The van der Waals surface area contributed by atoms with Crippen LogP contribution in [-0.2, 0) is 21.6 Å². The Labute approximate surface area is 168 Å². The van der Waals surface area contributed by atoms with Gasteiger partial charge < -0.3 is 5.11 Å². The number of unbranched alkanes of at least 4 members (excludes halogenated alkanes) is 18. The molecule has 153 valence electrons. The van der Waals surface area contributed by atoms with Crippen LogP contribution < -0.4 is 0 Å². The first kappa shape index (κ1) is 27.2. The van der Waals surface area contributed by atoms with Crippen LogP contribution in [0.15, 0.2) is 0 Å². The molecule has 0 aliphatic heterocycles. The van der Waals surface area contributed by atoms with Crippen LogP contribution in [0.3, 0.4) is 0 Å². The van der Waals surface area contributed by atoms with Gasteiger partial charge in [-0.05, 0) is 6.42 Å². The van der Waals surface area contributed by atoms with E-state index in [1.54, 1.807) is 0 Å². The molecule has 0 saturated carbocycles. The second-order valence-electron chi connectivity index (χ2n) is 7.51. The van der Waals surface area contributed by atoms with E-state index < -0.39 is 5.97 Å². The van der Waals surface area contributed by atoms with Gasteiger partial charge >= 0.3 is 5.97 Å². The zero-order valence-electron chi connectivity index (χ0n) is 16.8. The van der Waals surface area contributed by atoms with Crippen molar-refractivity contribution in [1.29, 1.82) is 0 Å². The van der Waals surface area contributed by atoms with E-state index in [2.05, 4.69) is 6.92 Å². The quantitative estimate of drug-likeness (QED) is 0.211. The van der Waals surface area contributed by atoms with E-state index in [0.29, 0.717) is 6.42 Å². The van der Waals surface area contributed by atoms with Crippen molar-refractivity contribution in [3.63, 3.8) is 0 Å². The van der Waals surface area contributed by atoms with Gasteiger partial charge in [0, 0.05) is 23.2 Å². The number of carboxylic acids is 1. The first-order valence-corrected chi connectivity index (χ1v) is 11.0. The molecule has 0 amide bonds. The number of carbonyl (C=O) groups is 1. The van der Waals surface area contributed by atoms with Gasteiger partial charge in [0.25, 0.3) is 0 Å². The van der Waals surface area contributed by atoms with E-state index in [1.165, 1.54) is 109 Å². The molecule has 25 heavy (non-hydrogen) atoms. The van der Waals surface area contributed by atoms with Gasteiger partial charge in [-0.25, -0.2) is 0 Å². The van der Waals surface area contributed by atoms with Crippen molar-refractivity contribution in [1.82, 2.24) is 0 Å². The summed E-state index contributed by atoms with van der Waals surface area (Å²) in [5.74, 6) is -0.651. The summed E-state index contributed by atoms with van der Waals surface area (Å²) in [5.41, 5.74) is 0. The molecule has 0 aliphatic rings. The molecule has 0 bridgehead atoms. The molecule has 2 nitrogen and oxygen atoms in total. The van der Waals surface area contributed by atoms with Crippen molar-refractivity contribution in [3.8, 4) is 0 Å². The molecule has 0 spiro atoms. The Morgan fingerprint density at radius 3 is 1.00 bits per heavy atom. The molecule has 0 aromatic carbocycles. The van der Waals surface area contributed by atoms with Crippen LogP contribution in [0.1, 0.15) is 135 Å². The second kappa shape index (κ2) is 24.0. The van der Waals surface area contributed by atoms with Crippen LogP contribution in [0.25, 0.3) is 0 Å². The molecule has 3 heteroatoms. The predicted octanol–water partition coefficient (Wildman–Crippen LogP) is 7.89. The molecular formula is C22H44CoO2. The van der Waals surface area contributed by atoms with E-state index in [-0.39, 0.29) is 16.8 Å². The van der Waals surface area contributed by atoms with Crippen molar-refractivity contribution in [2.45, 2.75) is 135 Å². The summed E-state index contributed by atoms with van der Waals surface area (Å²) in [7, 11) is 0. The number of carboxylic acid groups (broad SMARTS) is 1. The Bertz CT molecular complexity index is 256. The predicted molar refractivity (Wildman–Crippen MR) is 106 cm³/mol. The maximum atomic E-state index is 10.4. The maximum Gasteiger partial charge on any atom is 0.303 e. The van der Waals surface area contributed by atoms with Gasteiger partial charge in [-0.15, -0.1) is 0 Å². The minimum atomic E-state index is -0.651. The molecule has 0 aliphatic carbocycles. The zero-order valence-corrected chi connectivity index (χ0v) is 17.9. The van der Waals surface area contributed by atoms with Gasteiger partial charge in [0.15, 0.2) is 0 Å². The number of hydrogen-bond donors (Lipinski definition) is 1. The van der Waals surface area contributed by atoms with Crippen LogP contribution in [0.4, 0.5) is 0 Å². The van der Waals surface area contributed by atoms with E-state index in [9.17, 15) is 4.79 Å². The molecule has 0 saturated heterocycles. The fraction of sp³-hybridized carbons (Fsp3) is 0.955. The van der Waals surface area contributed by atoms with Gasteiger partial charge in [0.2, 0.25) is 0 Å².